The lowest BCUT2D eigenvalue weighted by molar-refractivity contribution is 0.0943. The maximum Gasteiger partial charge on any atom is 0.270 e. The predicted octanol–water partition coefficient (Wildman–Crippen LogP) is 0.438. The number of nitrogens with zero attached hydrogens (tertiary/aromatic N) is 2. The number of rotatable bonds is 8. The molecule has 1 aromatic heterocycles. The smallest absolute Gasteiger partial charge is 0.270 e. The van der Waals surface area contributed by atoms with Crippen molar-refractivity contribution in [3.63, 3.8) is 0 Å². The molecule has 2 aromatic rings. The maximum absolute atomic E-state index is 12.0. The summed E-state index contributed by atoms with van der Waals surface area (Å²) in [5.74, 6) is -0.477. The number of carbonyl (C=O) groups excluding carboxylic acids is 2. The van der Waals surface area contributed by atoms with E-state index in [1.807, 2.05) is 25.1 Å². The van der Waals surface area contributed by atoms with Crippen molar-refractivity contribution in [2.24, 2.45) is 7.05 Å². The molecule has 0 fully saturated rings. The van der Waals surface area contributed by atoms with Gasteiger partial charge in [0, 0.05) is 44.9 Å². The van der Waals surface area contributed by atoms with E-state index in [-0.39, 0.29) is 29.1 Å². The van der Waals surface area contributed by atoms with Crippen molar-refractivity contribution in [1.82, 2.24) is 25.5 Å². The summed E-state index contributed by atoms with van der Waals surface area (Å²) in [6.45, 7) is 3.10. The van der Waals surface area contributed by atoms with Crippen LogP contribution in [0.4, 0.5) is 0 Å². The SMILES string of the molecule is CNC(=O)c1cccc(CN[C@@H](C)CCNC(=O)c2cc(=O)n(C)cn2)c1. The Labute approximate surface area is 158 Å². The third kappa shape index (κ3) is 6.03. The quantitative estimate of drug-likeness (QED) is 0.624. The molecule has 0 radical (unpaired) electrons. The van der Waals surface area contributed by atoms with Gasteiger partial charge in [-0.25, -0.2) is 4.98 Å². The molecule has 144 valence electrons. The third-order valence-corrected chi connectivity index (χ3v) is 4.14. The van der Waals surface area contributed by atoms with Crippen molar-refractivity contribution in [3.8, 4) is 0 Å². The minimum absolute atomic E-state index is 0.114. The van der Waals surface area contributed by atoms with E-state index in [0.29, 0.717) is 25.1 Å². The molecular formula is C19H25N5O3. The molecule has 3 N–H and O–H groups in total. The molecule has 0 aliphatic carbocycles. The van der Waals surface area contributed by atoms with Crippen molar-refractivity contribution in [2.45, 2.75) is 25.9 Å². The van der Waals surface area contributed by atoms with Crippen molar-refractivity contribution >= 4 is 11.8 Å². The number of amides is 2. The van der Waals surface area contributed by atoms with Crippen LogP contribution in [0, 0.1) is 0 Å². The molecule has 8 heteroatoms. The van der Waals surface area contributed by atoms with E-state index < -0.39 is 0 Å². The molecule has 1 aromatic carbocycles. The van der Waals surface area contributed by atoms with Gasteiger partial charge >= 0.3 is 0 Å². The molecule has 1 heterocycles. The van der Waals surface area contributed by atoms with Crippen molar-refractivity contribution in [3.05, 3.63) is 63.8 Å². The van der Waals surface area contributed by atoms with Crippen molar-refractivity contribution < 1.29 is 9.59 Å². The van der Waals surface area contributed by atoms with Gasteiger partial charge in [0.25, 0.3) is 17.4 Å². The van der Waals surface area contributed by atoms with Gasteiger partial charge in [0.2, 0.25) is 0 Å². The Morgan fingerprint density at radius 3 is 2.70 bits per heavy atom. The Morgan fingerprint density at radius 2 is 2.00 bits per heavy atom. The Hall–Kier alpha value is -3.00. The minimum atomic E-state index is -0.363. The molecule has 0 unspecified atom stereocenters. The highest BCUT2D eigenvalue weighted by Gasteiger charge is 2.09. The van der Waals surface area contributed by atoms with E-state index in [1.165, 1.54) is 17.0 Å². The molecule has 2 rings (SSSR count). The van der Waals surface area contributed by atoms with E-state index in [0.717, 1.165) is 5.56 Å². The predicted molar refractivity (Wildman–Crippen MR) is 103 cm³/mol. The molecule has 8 nitrogen and oxygen atoms in total. The van der Waals surface area contributed by atoms with E-state index in [4.69, 9.17) is 0 Å². The molecule has 1 atom stereocenters. The molecule has 0 aliphatic heterocycles. The number of benzene rings is 1. The average Bonchev–Trinajstić information content (AvgIpc) is 2.68. The molecule has 27 heavy (non-hydrogen) atoms. The van der Waals surface area contributed by atoms with Crippen LogP contribution in [0.15, 0.2) is 41.5 Å². The first-order chi connectivity index (χ1) is 12.9. The molecule has 0 aliphatic rings. The first-order valence-electron chi connectivity index (χ1n) is 8.76. The van der Waals surface area contributed by atoms with Gasteiger partial charge in [-0.3, -0.25) is 14.4 Å². The van der Waals surface area contributed by atoms with Gasteiger partial charge in [-0.15, -0.1) is 0 Å². The Bertz CT molecular complexity index is 862. The second-order valence-corrected chi connectivity index (χ2v) is 6.33. The molecule has 2 amide bonds. The van der Waals surface area contributed by atoms with Crippen LogP contribution in [0.3, 0.4) is 0 Å². The number of nitrogens with one attached hydrogen (secondary N) is 3. The molecule has 0 spiro atoms. The summed E-state index contributed by atoms with van der Waals surface area (Å²) in [6.07, 6.45) is 2.04. The topological polar surface area (TPSA) is 105 Å². The molecule has 0 saturated carbocycles. The Kier molecular flexibility index (Phi) is 7.25. The lowest BCUT2D eigenvalue weighted by Gasteiger charge is -2.14. The molecule has 0 saturated heterocycles. The average molecular weight is 371 g/mol. The normalized spacial score (nSPS) is 11.7. The Balaban J connectivity index is 1.77. The number of aryl methyl sites for hydroxylation is 1. The molecular weight excluding hydrogens is 346 g/mol. The fourth-order valence-electron chi connectivity index (χ4n) is 2.44. The number of carbonyl (C=O) groups is 2. The summed E-state index contributed by atoms with van der Waals surface area (Å²) in [5, 5.41) is 8.73. The van der Waals surface area contributed by atoms with Gasteiger partial charge in [0.1, 0.15) is 5.69 Å². The lowest BCUT2D eigenvalue weighted by atomic mass is 10.1. The fraction of sp³-hybridized carbons (Fsp3) is 0.368. The number of aromatic nitrogens is 2. The van der Waals surface area contributed by atoms with Gasteiger partial charge in [0.05, 0.1) is 6.33 Å². The second-order valence-electron chi connectivity index (χ2n) is 6.33. The van der Waals surface area contributed by atoms with E-state index in [9.17, 15) is 14.4 Å². The van der Waals surface area contributed by atoms with Crippen molar-refractivity contribution in [2.75, 3.05) is 13.6 Å². The van der Waals surface area contributed by atoms with Gasteiger partial charge in [-0.2, -0.15) is 0 Å². The zero-order valence-electron chi connectivity index (χ0n) is 15.8. The second kappa shape index (κ2) is 9.63. The number of hydrogen-bond donors (Lipinski definition) is 3. The highest BCUT2D eigenvalue weighted by atomic mass is 16.2. The Morgan fingerprint density at radius 1 is 1.22 bits per heavy atom. The summed E-state index contributed by atoms with van der Waals surface area (Å²) in [7, 11) is 3.18. The van der Waals surface area contributed by atoms with E-state index in [1.54, 1.807) is 20.2 Å². The van der Waals surface area contributed by atoms with Gasteiger partial charge in [-0.1, -0.05) is 12.1 Å². The van der Waals surface area contributed by atoms with Crippen LogP contribution in [-0.2, 0) is 13.6 Å². The third-order valence-electron chi connectivity index (χ3n) is 4.14. The van der Waals surface area contributed by atoms with E-state index in [2.05, 4.69) is 20.9 Å². The van der Waals surface area contributed by atoms with Crippen LogP contribution in [0.5, 0.6) is 0 Å². The number of hydrogen-bond acceptors (Lipinski definition) is 5. The summed E-state index contributed by atoms with van der Waals surface area (Å²) in [5.41, 5.74) is 1.48. The van der Waals surface area contributed by atoms with Crippen LogP contribution in [-0.4, -0.2) is 41.0 Å². The summed E-state index contributed by atoms with van der Waals surface area (Å²) < 4.78 is 1.31. The summed E-state index contributed by atoms with van der Waals surface area (Å²) in [6, 6.07) is 8.80. The zero-order chi connectivity index (χ0) is 19.8. The van der Waals surface area contributed by atoms with Crippen LogP contribution in [0.2, 0.25) is 0 Å². The maximum atomic E-state index is 12.0. The monoisotopic (exact) mass is 371 g/mol. The molecule has 0 bridgehead atoms. The summed E-state index contributed by atoms with van der Waals surface area (Å²) in [4.78, 5) is 39.2. The fourth-order valence-corrected chi connectivity index (χ4v) is 2.44. The minimum Gasteiger partial charge on any atom is -0.355 e. The lowest BCUT2D eigenvalue weighted by Crippen LogP contribution is -2.33. The largest absolute Gasteiger partial charge is 0.355 e. The zero-order valence-corrected chi connectivity index (χ0v) is 15.8. The van der Waals surface area contributed by atoms with Crippen molar-refractivity contribution in [1.29, 1.82) is 0 Å². The van der Waals surface area contributed by atoms with Gasteiger partial charge < -0.3 is 20.5 Å². The first-order valence-corrected chi connectivity index (χ1v) is 8.76. The van der Waals surface area contributed by atoms with Gasteiger partial charge in [-0.05, 0) is 31.0 Å². The highest BCUT2D eigenvalue weighted by Crippen LogP contribution is 2.06. The van der Waals surface area contributed by atoms with Crippen LogP contribution >= 0.6 is 0 Å². The van der Waals surface area contributed by atoms with Crippen LogP contribution < -0.4 is 21.5 Å². The van der Waals surface area contributed by atoms with E-state index >= 15 is 0 Å². The van der Waals surface area contributed by atoms with Crippen LogP contribution in [0.1, 0.15) is 39.8 Å². The first kappa shape index (κ1) is 20.3. The van der Waals surface area contributed by atoms with Crippen LogP contribution in [0.25, 0.3) is 0 Å². The van der Waals surface area contributed by atoms with Gasteiger partial charge in [0.15, 0.2) is 0 Å². The standard InChI is InChI=1S/C19H25N5O3/c1-13(22-11-14-5-4-6-15(9-14)18(26)20-2)7-8-21-19(27)16-10-17(25)24(3)12-23-16/h4-6,9-10,12-13,22H,7-8,11H2,1-3H3,(H,20,26)(H,21,27)/t13-/m0/s1. The summed E-state index contributed by atoms with van der Waals surface area (Å²) >= 11 is 0. The highest BCUT2D eigenvalue weighted by molar-refractivity contribution is 5.94.